The Labute approximate surface area is 104 Å². The maximum Gasteiger partial charge on any atom is 0.117 e. The van der Waals surface area contributed by atoms with Crippen molar-refractivity contribution in [3.05, 3.63) is 24.2 Å². The summed E-state index contributed by atoms with van der Waals surface area (Å²) in [6.07, 6.45) is 4.16. The zero-order valence-corrected chi connectivity index (χ0v) is 11.0. The largest absolute Gasteiger partial charge is 0.468 e. The van der Waals surface area contributed by atoms with Crippen molar-refractivity contribution in [2.75, 3.05) is 19.6 Å². The first kappa shape index (κ1) is 12.7. The molecular weight excluding hydrogens is 212 g/mol. The molecule has 0 saturated carbocycles. The molecule has 3 heteroatoms. The van der Waals surface area contributed by atoms with E-state index in [-0.39, 0.29) is 0 Å². The summed E-state index contributed by atoms with van der Waals surface area (Å²) in [6, 6.07) is 4.01. The number of hydrogen-bond donors (Lipinski definition) is 1. The average Bonchev–Trinajstić information content (AvgIpc) is 2.74. The van der Waals surface area contributed by atoms with Gasteiger partial charge in [-0.2, -0.15) is 0 Å². The van der Waals surface area contributed by atoms with Gasteiger partial charge in [0.05, 0.1) is 12.8 Å². The van der Waals surface area contributed by atoms with Crippen LogP contribution in [0.15, 0.2) is 22.8 Å². The smallest absolute Gasteiger partial charge is 0.117 e. The summed E-state index contributed by atoms with van der Waals surface area (Å²) in [6.45, 7) is 8.77. The van der Waals surface area contributed by atoms with E-state index in [1.807, 2.05) is 6.07 Å². The lowest BCUT2D eigenvalue weighted by molar-refractivity contribution is 0.0433. The van der Waals surface area contributed by atoms with Crippen LogP contribution < -0.4 is 5.73 Å². The van der Waals surface area contributed by atoms with Crippen molar-refractivity contribution in [1.29, 1.82) is 0 Å². The molecule has 0 amide bonds. The Morgan fingerprint density at radius 2 is 2.35 bits per heavy atom. The topological polar surface area (TPSA) is 42.4 Å². The van der Waals surface area contributed by atoms with Gasteiger partial charge in [-0.15, -0.1) is 0 Å². The van der Waals surface area contributed by atoms with E-state index in [0.29, 0.717) is 5.41 Å². The molecule has 0 spiro atoms. The van der Waals surface area contributed by atoms with Crippen LogP contribution in [-0.2, 0) is 6.54 Å². The summed E-state index contributed by atoms with van der Waals surface area (Å²) in [5.41, 5.74) is 6.06. The van der Waals surface area contributed by atoms with Crippen LogP contribution in [0.3, 0.4) is 0 Å². The normalized spacial score (nSPS) is 25.0. The molecule has 1 atom stereocenters. The van der Waals surface area contributed by atoms with E-state index in [1.165, 1.54) is 6.42 Å². The van der Waals surface area contributed by atoms with Crippen molar-refractivity contribution in [3.63, 3.8) is 0 Å². The van der Waals surface area contributed by atoms with Crippen LogP contribution in [0.2, 0.25) is 0 Å². The molecule has 3 nitrogen and oxygen atoms in total. The number of rotatable bonds is 4. The number of hydrogen-bond acceptors (Lipinski definition) is 3. The van der Waals surface area contributed by atoms with Crippen LogP contribution in [0.5, 0.6) is 0 Å². The highest BCUT2D eigenvalue weighted by Gasteiger charge is 2.35. The zero-order chi connectivity index (χ0) is 12.3. The molecule has 1 unspecified atom stereocenters. The Hall–Kier alpha value is -0.800. The Balaban J connectivity index is 1.92. The Bertz CT molecular complexity index is 332. The Morgan fingerprint density at radius 1 is 1.53 bits per heavy atom. The summed E-state index contributed by atoms with van der Waals surface area (Å²) in [4.78, 5) is 2.49. The van der Waals surface area contributed by atoms with Crippen molar-refractivity contribution in [2.45, 2.75) is 33.2 Å². The first-order chi connectivity index (χ1) is 8.12. The Kier molecular flexibility index (Phi) is 3.89. The van der Waals surface area contributed by atoms with Crippen LogP contribution in [0.1, 0.15) is 32.4 Å². The van der Waals surface area contributed by atoms with Gasteiger partial charge in [-0.1, -0.05) is 13.8 Å². The van der Waals surface area contributed by atoms with Gasteiger partial charge in [-0.05, 0) is 49.4 Å². The summed E-state index contributed by atoms with van der Waals surface area (Å²) < 4.78 is 5.42. The van der Waals surface area contributed by atoms with Crippen molar-refractivity contribution in [1.82, 2.24) is 4.90 Å². The van der Waals surface area contributed by atoms with Gasteiger partial charge >= 0.3 is 0 Å². The van der Waals surface area contributed by atoms with Crippen LogP contribution in [0.25, 0.3) is 0 Å². The molecule has 17 heavy (non-hydrogen) atoms. The van der Waals surface area contributed by atoms with Crippen molar-refractivity contribution in [3.8, 4) is 0 Å². The molecule has 2 N–H and O–H groups in total. The van der Waals surface area contributed by atoms with Gasteiger partial charge < -0.3 is 10.2 Å². The third-order valence-electron chi connectivity index (χ3n) is 4.00. The van der Waals surface area contributed by atoms with Crippen LogP contribution in [0, 0.1) is 11.3 Å². The second-order valence-corrected chi connectivity index (χ2v) is 5.84. The van der Waals surface area contributed by atoms with Crippen LogP contribution in [-0.4, -0.2) is 24.5 Å². The number of furan rings is 1. The number of nitrogens with zero attached hydrogens (tertiary/aromatic N) is 1. The highest BCUT2D eigenvalue weighted by Crippen LogP contribution is 2.37. The lowest BCUT2D eigenvalue weighted by Crippen LogP contribution is -2.45. The molecule has 2 heterocycles. The van der Waals surface area contributed by atoms with Crippen molar-refractivity contribution >= 4 is 0 Å². The molecule has 2 rings (SSSR count). The minimum atomic E-state index is 0.365. The van der Waals surface area contributed by atoms with E-state index in [1.54, 1.807) is 6.26 Å². The molecule has 96 valence electrons. The van der Waals surface area contributed by atoms with Crippen LogP contribution >= 0.6 is 0 Å². The van der Waals surface area contributed by atoms with E-state index in [9.17, 15) is 0 Å². The zero-order valence-electron chi connectivity index (χ0n) is 11.0. The standard InChI is InChI=1S/C14H24N2O/c1-14(2)11-16(8-6-12(14)5-7-15)10-13-4-3-9-17-13/h3-4,9,12H,5-8,10-11,15H2,1-2H3. The predicted molar refractivity (Wildman–Crippen MR) is 69.5 cm³/mol. The van der Waals surface area contributed by atoms with Crippen molar-refractivity contribution in [2.24, 2.45) is 17.1 Å². The summed E-state index contributed by atoms with van der Waals surface area (Å²) in [7, 11) is 0. The van der Waals surface area contributed by atoms with E-state index < -0.39 is 0 Å². The van der Waals surface area contributed by atoms with E-state index >= 15 is 0 Å². The van der Waals surface area contributed by atoms with Gasteiger partial charge in [-0.3, -0.25) is 4.90 Å². The molecule has 1 aliphatic rings. The average molecular weight is 236 g/mol. The third-order valence-corrected chi connectivity index (χ3v) is 4.00. The molecule has 1 aromatic heterocycles. The van der Waals surface area contributed by atoms with Crippen LogP contribution in [0.4, 0.5) is 0 Å². The highest BCUT2D eigenvalue weighted by atomic mass is 16.3. The lowest BCUT2D eigenvalue weighted by Gasteiger charge is -2.44. The molecule has 1 aromatic rings. The van der Waals surface area contributed by atoms with E-state index in [4.69, 9.17) is 10.2 Å². The lowest BCUT2D eigenvalue weighted by atomic mass is 9.72. The molecule has 1 saturated heterocycles. The summed E-state index contributed by atoms with van der Waals surface area (Å²) in [5, 5.41) is 0. The minimum Gasteiger partial charge on any atom is -0.468 e. The second-order valence-electron chi connectivity index (χ2n) is 5.84. The van der Waals surface area contributed by atoms with Gasteiger partial charge in [0.25, 0.3) is 0 Å². The number of nitrogens with two attached hydrogens (primary N) is 1. The fourth-order valence-corrected chi connectivity index (χ4v) is 3.01. The second kappa shape index (κ2) is 5.23. The quantitative estimate of drug-likeness (QED) is 0.873. The first-order valence-corrected chi connectivity index (χ1v) is 6.56. The third kappa shape index (κ3) is 3.11. The number of likely N-dealkylation sites (tertiary alicyclic amines) is 1. The predicted octanol–water partition coefficient (Wildman–Crippen LogP) is 2.48. The first-order valence-electron chi connectivity index (χ1n) is 6.56. The highest BCUT2D eigenvalue weighted by molar-refractivity contribution is 4.99. The van der Waals surface area contributed by atoms with E-state index in [2.05, 4.69) is 24.8 Å². The minimum absolute atomic E-state index is 0.365. The van der Waals surface area contributed by atoms with Crippen molar-refractivity contribution < 1.29 is 4.42 Å². The van der Waals surface area contributed by atoms with E-state index in [0.717, 1.165) is 44.3 Å². The molecule has 0 aliphatic carbocycles. The molecular formula is C14H24N2O. The van der Waals surface area contributed by atoms with Gasteiger partial charge in [0.15, 0.2) is 0 Å². The molecule has 0 bridgehead atoms. The monoisotopic (exact) mass is 236 g/mol. The van der Waals surface area contributed by atoms with Gasteiger partial charge in [0, 0.05) is 6.54 Å². The maximum atomic E-state index is 5.70. The molecule has 0 radical (unpaired) electrons. The van der Waals surface area contributed by atoms with Gasteiger partial charge in [-0.25, -0.2) is 0 Å². The fourth-order valence-electron chi connectivity index (χ4n) is 3.01. The SMILES string of the molecule is CC1(C)CN(Cc2ccco2)CCC1CCN. The summed E-state index contributed by atoms with van der Waals surface area (Å²) in [5.74, 6) is 1.83. The fraction of sp³-hybridized carbons (Fsp3) is 0.714. The molecule has 1 aliphatic heterocycles. The Morgan fingerprint density at radius 3 is 2.94 bits per heavy atom. The maximum absolute atomic E-state index is 5.70. The summed E-state index contributed by atoms with van der Waals surface area (Å²) >= 11 is 0. The van der Waals surface area contributed by atoms with Gasteiger partial charge in [0.1, 0.15) is 5.76 Å². The number of piperidine rings is 1. The molecule has 0 aromatic carbocycles. The molecule has 1 fully saturated rings. The van der Waals surface area contributed by atoms with Gasteiger partial charge in [0.2, 0.25) is 0 Å².